The van der Waals surface area contributed by atoms with Crippen molar-refractivity contribution in [1.29, 1.82) is 0 Å². The predicted molar refractivity (Wildman–Crippen MR) is 70.6 cm³/mol. The fourth-order valence-corrected chi connectivity index (χ4v) is 1.48. The lowest BCUT2D eigenvalue weighted by molar-refractivity contribution is -0.141. The zero-order valence-electron chi connectivity index (χ0n) is 11.9. The number of hydrogen-bond acceptors (Lipinski definition) is 4. The van der Waals surface area contributed by atoms with Crippen molar-refractivity contribution >= 4 is 11.9 Å². The van der Waals surface area contributed by atoms with Gasteiger partial charge in [0.15, 0.2) is 5.69 Å². The van der Waals surface area contributed by atoms with Gasteiger partial charge in [-0.15, -0.1) is 0 Å². The lowest BCUT2D eigenvalue weighted by atomic mass is 10.3. The van der Waals surface area contributed by atoms with Crippen LogP contribution >= 0.6 is 0 Å². The number of nitrogens with zero attached hydrogens (tertiary/aromatic N) is 2. The second-order valence-electron chi connectivity index (χ2n) is 4.28. The van der Waals surface area contributed by atoms with Crippen molar-refractivity contribution in [2.45, 2.75) is 25.6 Å². The van der Waals surface area contributed by atoms with Crippen LogP contribution in [0.1, 0.15) is 18.5 Å². The number of nitrogens with one attached hydrogen (secondary N) is 1. The van der Waals surface area contributed by atoms with Gasteiger partial charge in [-0.2, -0.15) is 18.3 Å². The number of ether oxygens (including phenoxy) is 1. The third-order valence-corrected chi connectivity index (χ3v) is 2.59. The number of aryl methyl sites for hydroxylation is 1. The minimum absolute atomic E-state index is 0.0136. The van der Waals surface area contributed by atoms with Gasteiger partial charge in [0.1, 0.15) is 0 Å². The fraction of sp³-hybridized carbons (Fsp3) is 0.462. The number of rotatable bonds is 7. The maximum atomic E-state index is 12.3. The largest absolute Gasteiger partial charge is 0.466 e. The second-order valence-corrected chi connectivity index (χ2v) is 4.28. The molecule has 0 atom stereocenters. The quantitative estimate of drug-likeness (QED) is 0.470. The highest BCUT2D eigenvalue weighted by Gasteiger charge is 2.33. The molecular formula is C13H16F3N3O3. The van der Waals surface area contributed by atoms with Crippen LogP contribution in [0.5, 0.6) is 0 Å². The van der Waals surface area contributed by atoms with Crippen LogP contribution < -0.4 is 5.32 Å². The molecule has 0 aliphatic heterocycles. The van der Waals surface area contributed by atoms with Gasteiger partial charge in [0, 0.05) is 31.8 Å². The molecule has 0 aromatic carbocycles. The molecule has 0 saturated heterocycles. The van der Waals surface area contributed by atoms with Gasteiger partial charge in [-0.1, -0.05) is 6.08 Å². The average Bonchev–Trinajstić information content (AvgIpc) is 2.93. The molecule has 0 bridgehead atoms. The van der Waals surface area contributed by atoms with E-state index in [-0.39, 0.29) is 18.9 Å². The van der Waals surface area contributed by atoms with Crippen LogP contribution in [0.15, 0.2) is 24.4 Å². The van der Waals surface area contributed by atoms with Crippen molar-refractivity contribution < 1.29 is 27.5 Å². The second kappa shape index (κ2) is 8.20. The van der Waals surface area contributed by atoms with Crippen LogP contribution in [-0.4, -0.2) is 35.3 Å². The third-order valence-electron chi connectivity index (χ3n) is 2.59. The monoisotopic (exact) mass is 319 g/mol. The van der Waals surface area contributed by atoms with Crippen LogP contribution in [0.25, 0.3) is 0 Å². The van der Waals surface area contributed by atoms with Crippen LogP contribution in [0.2, 0.25) is 0 Å². The first-order valence-electron chi connectivity index (χ1n) is 6.44. The Morgan fingerprint density at radius 3 is 2.77 bits per heavy atom. The number of alkyl halides is 3. The van der Waals surface area contributed by atoms with E-state index in [1.807, 2.05) is 0 Å². The highest BCUT2D eigenvalue weighted by Crippen LogP contribution is 2.27. The van der Waals surface area contributed by atoms with Gasteiger partial charge in [0.05, 0.1) is 7.11 Å². The van der Waals surface area contributed by atoms with E-state index in [1.165, 1.54) is 19.4 Å². The van der Waals surface area contributed by atoms with Gasteiger partial charge in [-0.3, -0.25) is 9.48 Å². The van der Waals surface area contributed by atoms with Crippen LogP contribution in [0, 0.1) is 0 Å². The van der Waals surface area contributed by atoms with Crippen molar-refractivity contribution in [3.8, 4) is 0 Å². The molecule has 1 heterocycles. The van der Waals surface area contributed by atoms with E-state index in [4.69, 9.17) is 0 Å². The SMILES string of the molecule is COC(=O)/C=C/CCNC(=O)CCn1ccc(C(F)(F)F)n1. The molecule has 0 aliphatic rings. The van der Waals surface area contributed by atoms with Crippen molar-refractivity contribution in [1.82, 2.24) is 15.1 Å². The summed E-state index contributed by atoms with van der Waals surface area (Å²) in [5.74, 6) is -0.791. The van der Waals surface area contributed by atoms with E-state index in [1.54, 1.807) is 6.08 Å². The molecule has 9 heteroatoms. The first-order valence-corrected chi connectivity index (χ1v) is 6.44. The van der Waals surface area contributed by atoms with E-state index in [0.717, 1.165) is 10.7 Å². The van der Waals surface area contributed by atoms with Gasteiger partial charge in [-0.25, -0.2) is 4.79 Å². The Kier molecular flexibility index (Phi) is 6.61. The summed E-state index contributed by atoms with van der Waals surface area (Å²) in [6, 6.07) is 0.857. The standard InChI is InChI=1S/C13H16F3N3O3/c1-22-12(21)4-2-3-7-17-11(20)6-9-19-8-5-10(18-19)13(14,15)16/h2,4-5,8H,3,6-7,9H2,1H3,(H,17,20)/b4-2+. The number of aromatic nitrogens is 2. The molecule has 0 fully saturated rings. The van der Waals surface area contributed by atoms with Crippen molar-refractivity contribution in [2.24, 2.45) is 0 Å². The number of halogens is 3. The smallest absolute Gasteiger partial charge is 0.435 e. The van der Waals surface area contributed by atoms with E-state index in [9.17, 15) is 22.8 Å². The van der Waals surface area contributed by atoms with Gasteiger partial charge in [0.25, 0.3) is 0 Å². The number of methoxy groups -OCH3 is 1. The van der Waals surface area contributed by atoms with Crippen LogP contribution in [0.3, 0.4) is 0 Å². The van der Waals surface area contributed by atoms with Crippen LogP contribution in [-0.2, 0) is 27.0 Å². The van der Waals surface area contributed by atoms with Gasteiger partial charge >= 0.3 is 12.1 Å². The summed E-state index contributed by atoms with van der Waals surface area (Å²) in [6.45, 7) is 0.374. The Morgan fingerprint density at radius 1 is 1.45 bits per heavy atom. The fourth-order valence-electron chi connectivity index (χ4n) is 1.48. The molecule has 22 heavy (non-hydrogen) atoms. The van der Waals surface area contributed by atoms with Crippen molar-refractivity contribution in [3.63, 3.8) is 0 Å². The molecule has 0 spiro atoms. The Morgan fingerprint density at radius 2 is 2.18 bits per heavy atom. The number of amides is 1. The van der Waals surface area contributed by atoms with Crippen LogP contribution in [0.4, 0.5) is 13.2 Å². The highest BCUT2D eigenvalue weighted by molar-refractivity contribution is 5.81. The van der Waals surface area contributed by atoms with E-state index in [2.05, 4.69) is 15.2 Å². The summed E-state index contributed by atoms with van der Waals surface area (Å²) in [4.78, 5) is 22.2. The maximum Gasteiger partial charge on any atom is 0.435 e. The first-order chi connectivity index (χ1) is 10.3. The first kappa shape index (κ1) is 17.7. The summed E-state index contributed by atoms with van der Waals surface area (Å²) in [5.41, 5.74) is -0.985. The Balaban J connectivity index is 2.25. The molecule has 1 amide bonds. The molecule has 0 radical (unpaired) electrons. The molecule has 1 N–H and O–H groups in total. The molecule has 6 nitrogen and oxygen atoms in total. The predicted octanol–water partition coefficient (Wildman–Crippen LogP) is 1.53. The summed E-state index contributed by atoms with van der Waals surface area (Å²) < 4.78 is 42.4. The maximum absolute atomic E-state index is 12.3. The minimum atomic E-state index is -4.49. The van der Waals surface area contributed by atoms with E-state index < -0.39 is 17.8 Å². The van der Waals surface area contributed by atoms with E-state index in [0.29, 0.717) is 13.0 Å². The third kappa shape index (κ3) is 6.42. The van der Waals surface area contributed by atoms with E-state index >= 15 is 0 Å². The summed E-state index contributed by atoms with van der Waals surface area (Å²) in [7, 11) is 1.26. The zero-order valence-corrected chi connectivity index (χ0v) is 11.9. The highest BCUT2D eigenvalue weighted by atomic mass is 19.4. The normalized spacial score (nSPS) is 11.6. The molecule has 1 rings (SSSR count). The summed E-state index contributed by atoms with van der Waals surface area (Å²) >= 11 is 0. The van der Waals surface area contributed by atoms with Crippen molar-refractivity contribution in [3.05, 3.63) is 30.1 Å². The Labute approximate surface area is 124 Å². The number of carbonyl (C=O) groups excluding carboxylic acids is 2. The van der Waals surface area contributed by atoms with Gasteiger partial charge in [-0.05, 0) is 12.5 Å². The number of carbonyl (C=O) groups is 2. The number of hydrogen-bond donors (Lipinski definition) is 1. The lowest BCUT2D eigenvalue weighted by Crippen LogP contribution is -2.25. The topological polar surface area (TPSA) is 73.2 Å². The molecule has 122 valence electrons. The molecule has 1 aromatic rings. The van der Waals surface area contributed by atoms with Gasteiger partial charge in [0.2, 0.25) is 5.91 Å². The lowest BCUT2D eigenvalue weighted by Gasteiger charge is -2.04. The molecule has 0 saturated carbocycles. The van der Waals surface area contributed by atoms with Crippen molar-refractivity contribution in [2.75, 3.05) is 13.7 Å². The molecular weight excluding hydrogens is 303 g/mol. The zero-order chi connectivity index (χ0) is 16.6. The minimum Gasteiger partial charge on any atom is -0.466 e. The summed E-state index contributed by atoms with van der Waals surface area (Å²) in [5, 5.41) is 5.92. The molecule has 1 aromatic heterocycles. The summed E-state index contributed by atoms with van der Waals surface area (Å²) in [6.07, 6.45) is -0.0566. The Hall–Kier alpha value is -2.32. The van der Waals surface area contributed by atoms with Gasteiger partial charge < -0.3 is 10.1 Å². The molecule has 0 aliphatic carbocycles. The number of esters is 1. The molecule has 0 unspecified atom stereocenters. The average molecular weight is 319 g/mol. The Bertz CT molecular complexity index is 538.